The van der Waals surface area contributed by atoms with Gasteiger partial charge in [-0.25, -0.2) is 0 Å². The van der Waals surface area contributed by atoms with Gasteiger partial charge in [0.05, 0.1) is 13.2 Å². The maximum Gasteiger partial charge on any atom is 0.298 e. The Hall–Kier alpha value is -2.36. The summed E-state index contributed by atoms with van der Waals surface area (Å²) in [5, 5.41) is 0. The molecule has 0 N–H and O–H groups in total. The minimum absolute atomic E-state index is 0.671. The molecule has 174 valence electrons. The number of para-hydroxylation sites is 4. The number of nitrogens with zero attached hydrogens (tertiary/aromatic N) is 4. The highest BCUT2D eigenvalue weighted by molar-refractivity contribution is 7.99. The van der Waals surface area contributed by atoms with E-state index < -0.39 is 0 Å². The Bertz CT molecular complexity index is 1010. The van der Waals surface area contributed by atoms with E-state index in [0.29, 0.717) is 12.0 Å². The molecule has 0 radical (unpaired) electrons. The van der Waals surface area contributed by atoms with Crippen LogP contribution in [-0.2, 0) is 4.74 Å². The molecule has 5 rings (SSSR count). The fraction of sp³-hybridized carbons (Fsp3) is 0.417. The highest BCUT2D eigenvalue weighted by atomic mass is 32.2. The van der Waals surface area contributed by atoms with E-state index in [1.165, 1.54) is 0 Å². The summed E-state index contributed by atoms with van der Waals surface area (Å²) in [4.78, 5) is 14.0. The van der Waals surface area contributed by atoms with Crippen molar-refractivity contribution in [2.24, 2.45) is 0 Å². The topological polar surface area (TPSA) is 67.8 Å². The second-order valence-corrected chi connectivity index (χ2v) is 10.2. The Kier molecular flexibility index (Phi) is 7.60. The summed E-state index contributed by atoms with van der Waals surface area (Å²) in [5.74, 6) is 3.97. The lowest BCUT2D eigenvalue weighted by molar-refractivity contribution is 0.167. The van der Waals surface area contributed by atoms with Gasteiger partial charge in [0.15, 0.2) is 11.2 Å². The third-order valence-corrected chi connectivity index (χ3v) is 7.35. The maximum atomic E-state index is 6.10. The van der Waals surface area contributed by atoms with Gasteiger partial charge in [-0.1, -0.05) is 24.3 Å². The number of hydrogen-bond acceptors (Lipinski definition) is 9. The number of rotatable bonds is 2. The Balaban J connectivity index is 1.37. The number of oxazole rings is 2. The number of hydrogen-bond donors (Lipinski definition) is 0. The van der Waals surface area contributed by atoms with Crippen molar-refractivity contribution < 1.29 is 13.6 Å². The molecule has 9 heteroatoms. The lowest BCUT2D eigenvalue weighted by Gasteiger charge is -2.26. The minimum atomic E-state index is 0.671. The van der Waals surface area contributed by atoms with Crippen molar-refractivity contribution in [3.63, 3.8) is 0 Å². The molecule has 2 aromatic carbocycles. The first kappa shape index (κ1) is 22.4. The summed E-state index contributed by atoms with van der Waals surface area (Å²) >= 11 is 3.81. The minimum Gasteiger partial charge on any atom is -0.423 e. The van der Waals surface area contributed by atoms with Gasteiger partial charge in [0.25, 0.3) is 12.0 Å². The highest BCUT2D eigenvalue weighted by Crippen LogP contribution is 2.24. The Morgan fingerprint density at radius 1 is 0.606 bits per heavy atom. The molecule has 1 fully saturated rings. The summed E-state index contributed by atoms with van der Waals surface area (Å²) in [6.45, 7) is 4.84. The van der Waals surface area contributed by atoms with Crippen molar-refractivity contribution in [2.45, 2.75) is 0 Å². The number of anilines is 2. The van der Waals surface area contributed by atoms with Gasteiger partial charge >= 0.3 is 0 Å². The second-order valence-electron chi connectivity index (χ2n) is 7.74. The Morgan fingerprint density at radius 2 is 1.09 bits per heavy atom. The number of ether oxygens (including phenoxy) is 1. The van der Waals surface area contributed by atoms with E-state index >= 15 is 0 Å². The predicted octanol–water partition coefficient (Wildman–Crippen LogP) is 4.78. The van der Waals surface area contributed by atoms with Gasteiger partial charge in [0, 0.05) is 49.2 Å². The number of benzene rings is 2. The van der Waals surface area contributed by atoms with Gasteiger partial charge in [-0.15, -0.1) is 0 Å². The average Bonchev–Trinajstić information content (AvgIpc) is 3.46. The maximum absolute atomic E-state index is 6.10. The molecule has 4 aromatic rings. The molecular formula is C24H28N4O3S2. The van der Waals surface area contributed by atoms with Crippen LogP contribution in [0.1, 0.15) is 0 Å². The van der Waals surface area contributed by atoms with Crippen LogP contribution in [0.15, 0.2) is 57.4 Å². The van der Waals surface area contributed by atoms with Gasteiger partial charge < -0.3 is 23.4 Å². The number of thioether (sulfide) groups is 2. The van der Waals surface area contributed by atoms with E-state index in [1.807, 2.05) is 72.1 Å². The van der Waals surface area contributed by atoms with Gasteiger partial charge in [-0.3, -0.25) is 0 Å². The molecule has 0 spiro atoms. The lowest BCUT2D eigenvalue weighted by Crippen LogP contribution is -2.38. The molecule has 1 aliphatic heterocycles. The Labute approximate surface area is 201 Å². The first-order valence-corrected chi connectivity index (χ1v) is 13.6. The Morgan fingerprint density at radius 3 is 1.58 bits per heavy atom. The smallest absolute Gasteiger partial charge is 0.298 e. The summed E-state index contributed by atoms with van der Waals surface area (Å²) in [7, 11) is 0. The van der Waals surface area contributed by atoms with E-state index in [9.17, 15) is 0 Å². The van der Waals surface area contributed by atoms with Crippen molar-refractivity contribution in [2.75, 3.05) is 72.2 Å². The fourth-order valence-corrected chi connectivity index (χ4v) is 5.31. The second kappa shape index (κ2) is 11.2. The van der Waals surface area contributed by atoms with Crippen LogP contribution >= 0.6 is 23.5 Å². The van der Waals surface area contributed by atoms with Crippen molar-refractivity contribution in [3.8, 4) is 0 Å². The van der Waals surface area contributed by atoms with Crippen LogP contribution in [0.3, 0.4) is 0 Å². The zero-order chi connectivity index (χ0) is 22.3. The van der Waals surface area contributed by atoms with E-state index in [4.69, 9.17) is 23.5 Å². The monoisotopic (exact) mass is 484 g/mol. The van der Waals surface area contributed by atoms with Crippen molar-refractivity contribution in [1.82, 2.24) is 9.97 Å². The average molecular weight is 485 g/mol. The molecule has 0 bridgehead atoms. The van der Waals surface area contributed by atoms with E-state index in [-0.39, 0.29) is 0 Å². The third-order valence-electron chi connectivity index (χ3n) is 5.50. The zero-order valence-corrected chi connectivity index (χ0v) is 20.2. The number of aromatic nitrogens is 2. The summed E-state index contributed by atoms with van der Waals surface area (Å²) in [6, 6.07) is 17.2. The quantitative estimate of drug-likeness (QED) is 0.400. The lowest BCUT2D eigenvalue weighted by atomic mass is 10.3. The molecule has 7 nitrogen and oxygen atoms in total. The molecule has 0 saturated carbocycles. The van der Waals surface area contributed by atoms with Gasteiger partial charge in [-0.2, -0.15) is 33.5 Å². The number of fused-ring (bicyclic) bond motifs is 2. The van der Waals surface area contributed by atoms with Crippen LogP contribution in [-0.4, -0.2) is 72.4 Å². The molecule has 0 amide bonds. The molecule has 3 heterocycles. The standard InChI is InChI=1S/C24H28N4O3S2/c1-3-7-21-19(5-1)25-23(30-21)27-9-10-28(24-26-20-6-2-4-8-22(20)31-24)12-16-33-18-14-29-13-17-32-15-11-27/h1-8H,9-18H2. The van der Waals surface area contributed by atoms with Crippen LogP contribution in [0.25, 0.3) is 22.2 Å². The predicted molar refractivity (Wildman–Crippen MR) is 138 cm³/mol. The van der Waals surface area contributed by atoms with Crippen molar-refractivity contribution in [1.29, 1.82) is 0 Å². The summed E-state index contributed by atoms with van der Waals surface area (Å²) in [5.41, 5.74) is 3.40. The molecular weight excluding hydrogens is 456 g/mol. The van der Waals surface area contributed by atoms with Crippen LogP contribution in [0.5, 0.6) is 0 Å². The summed E-state index contributed by atoms with van der Waals surface area (Å²) < 4.78 is 18.0. The van der Waals surface area contributed by atoms with Crippen LogP contribution in [0.4, 0.5) is 12.0 Å². The molecule has 1 saturated heterocycles. The van der Waals surface area contributed by atoms with Gasteiger partial charge in [-0.05, 0) is 24.3 Å². The van der Waals surface area contributed by atoms with Crippen LogP contribution in [0, 0.1) is 0 Å². The molecule has 0 unspecified atom stereocenters. The third kappa shape index (κ3) is 5.77. The molecule has 0 aliphatic carbocycles. The van der Waals surface area contributed by atoms with E-state index in [1.54, 1.807) is 0 Å². The molecule has 1 aliphatic rings. The SMILES string of the molecule is c1ccc2oc(N3CCSCCOCCSCCN(c4nc5ccccc5o4)CC3)nc2c1. The first-order valence-electron chi connectivity index (χ1n) is 11.3. The largest absolute Gasteiger partial charge is 0.423 e. The first-order chi connectivity index (χ1) is 16.4. The molecule has 33 heavy (non-hydrogen) atoms. The highest BCUT2D eigenvalue weighted by Gasteiger charge is 2.19. The normalized spacial score (nSPS) is 17.8. The van der Waals surface area contributed by atoms with Gasteiger partial charge in [0.1, 0.15) is 11.0 Å². The van der Waals surface area contributed by atoms with E-state index in [2.05, 4.69) is 9.80 Å². The van der Waals surface area contributed by atoms with E-state index in [0.717, 1.165) is 84.6 Å². The molecule has 2 aromatic heterocycles. The summed E-state index contributed by atoms with van der Waals surface area (Å²) in [6.07, 6.45) is 0. The van der Waals surface area contributed by atoms with Gasteiger partial charge in [0.2, 0.25) is 0 Å². The van der Waals surface area contributed by atoms with Crippen molar-refractivity contribution >= 4 is 57.8 Å². The van der Waals surface area contributed by atoms with Crippen molar-refractivity contribution in [3.05, 3.63) is 48.5 Å². The van der Waals surface area contributed by atoms with Crippen LogP contribution in [0.2, 0.25) is 0 Å². The fourth-order valence-electron chi connectivity index (χ4n) is 3.73. The zero-order valence-electron chi connectivity index (χ0n) is 18.5. The molecule has 0 atom stereocenters. The van der Waals surface area contributed by atoms with Crippen LogP contribution < -0.4 is 9.80 Å².